The average Bonchev–Trinajstić information content (AvgIpc) is 2.53. The van der Waals surface area contributed by atoms with Gasteiger partial charge in [0.25, 0.3) is 0 Å². The van der Waals surface area contributed by atoms with E-state index in [0.717, 1.165) is 6.42 Å². The first-order valence-electron chi connectivity index (χ1n) is 8.57. The van der Waals surface area contributed by atoms with E-state index in [2.05, 4.69) is 11.7 Å². The fraction of sp³-hybridized carbons (Fsp3) is 0.667. The summed E-state index contributed by atoms with van der Waals surface area (Å²) in [5.41, 5.74) is 0.812. The third-order valence-corrected chi connectivity index (χ3v) is 5.72. The van der Waals surface area contributed by atoms with Gasteiger partial charge in [-0.25, -0.2) is 0 Å². The van der Waals surface area contributed by atoms with E-state index >= 15 is 0 Å². The van der Waals surface area contributed by atoms with Gasteiger partial charge in [-0.05, 0) is 18.8 Å². The van der Waals surface area contributed by atoms with Gasteiger partial charge < -0.3 is 9.94 Å². The lowest BCUT2D eigenvalue weighted by atomic mass is 9.82. The van der Waals surface area contributed by atoms with Gasteiger partial charge in [0.15, 0.2) is 5.78 Å². The maximum Gasteiger partial charge on any atom is 0.168 e. The van der Waals surface area contributed by atoms with Crippen LogP contribution >= 0.6 is 0 Å². The van der Waals surface area contributed by atoms with E-state index in [1.165, 1.54) is 0 Å². The number of oxime groups is 1. The van der Waals surface area contributed by atoms with Crippen LogP contribution in [0.2, 0.25) is 0 Å². The molecule has 0 heterocycles. The minimum absolute atomic E-state index is 0.0295. The zero-order valence-electron chi connectivity index (χ0n) is 14.9. The summed E-state index contributed by atoms with van der Waals surface area (Å²) in [6.45, 7) is 9.64. The van der Waals surface area contributed by atoms with Crippen molar-refractivity contribution in [2.45, 2.75) is 58.1 Å². The molecule has 136 valence electrons. The Hall–Kier alpha value is -1.43. The zero-order valence-corrected chi connectivity index (χ0v) is 15.7. The predicted octanol–water partition coefficient (Wildman–Crippen LogP) is 3.68. The van der Waals surface area contributed by atoms with Crippen LogP contribution in [0.5, 0.6) is 0 Å². The van der Waals surface area contributed by atoms with Crippen LogP contribution in [-0.2, 0) is 20.4 Å². The van der Waals surface area contributed by atoms with Gasteiger partial charge in [-0.1, -0.05) is 45.0 Å². The molecule has 6 heteroatoms. The molecule has 0 aromatic carbocycles. The molecule has 5 nitrogen and oxygen atoms in total. The van der Waals surface area contributed by atoms with Gasteiger partial charge >= 0.3 is 0 Å². The van der Waals surface area contributed by atoms with Gasteiger partial charge in [0.05, 0.1) is 11.3 Å². The lowest BCUT2D eigenvalue weighted by Gasteiger charge is -2.25. The van der Waals surface area contributed by atoms with Gasteiger partial charge in [-0.3, -0.25) is 9.00 Å². The summed E-state index contributed by atoms with van der Waals surface area (Å²) < 4.78 is 11.9. The maximum atomic E-state index is 12.5. The summed E-state index contributed by atoms with van der Waals surface area (Å²) in [7, 11) is -0.884. The van der Waals surface area contributed by atoms with Crippen LogP contribution in [0.3, 0.4) is 0 Å². The molecular formula is C18H29NO4S. The zero-order chi connectivity index (χ0) is 18.1. The number of aliphatic hydroxyl groups is 1. The first-order chi connectivity index (χ1) is 11.4. The van der Waals surface area contributed by atoms with E-state index in [9.17, 15) is 14.1 Å². The molecule has 0 saturated carbocycles. The Labute approximate surface area is 147 Å². The summed E-state index contributed by atoms with van der Waals surface area (Å²) in [6.07, 6.45) is 4.41. The highest BCUT2D eigenvalue weighted by Gasteiger charge is 2.32. The first-order valence-corrected chi connectivity index (χ1v) is 9.95. The van der Waals surface area contributed by atoms with Crippen molar-refractivity contribution in [3.8, 4) is 0 Å². The van der Waals surface area contributed by atoms with Crippen LogP contribution in [-0.4, -0.2) is 38.4 Å². The molecule has 0 saturated heterocycles. The van der Waals surface area contributed by atoms with E-state index in [1.807, 2.05) is 20.8 Å². The lowest BCUT2D eigenvalue weighted by molar-refractivity contribution is -0.116. The Balaban J connectivity index is 2.90. The maximum absolute atomic E-state index is 12.5. The van der Waals surface area contributed by atoms with E-state index in [4.69, 9.17) is 4.84 Å². The minimum atomic E-state index is -0.884. The highest BCUT2D eigenvalue weighted by molar-refractivity contribution is 7.85. The molecule has 0 spiro atoms. The van der Waals surface area contributed by atoms with E-state index in [0.29, 0.717) is 42.7 Å². The number of rotatable bonds is 10. The smallest absolute Gasteiger partial charge is 0.168 e. The average molecular weight is 356 g/mol. The SMILES string of the molecule is C=CCO/N=C(/CCC)C1=C(O)CC(CC(C)S(=O)CC)CC1=O. The molecule has 0 aromatic heterocycles. The number of aliphatic hydroxyl groups excluding tert-OH is 1. The summed E-state index contributed by atoms with van der Waals surface area (Å²) >= 11 is 0. The van der Waals surface area contributed by atoms with Crippen molar-refractivity contribution in [2.24, 2.45) is 11.1 Å². The van der Waals surface area contributed by atoms with E-state index in [-0.39, 0.29) is 29.3 Å². The number of hydrogen-bond donors (Lipinski definition) is 1. The molecule has 0 bridgehead atoms. The van der Waals surface area contributed by atoms with Gasteiger partial charge in [0.2, 0.25) is 0 Å². The Morgan fingerprint density at radius 2 is 2.21 bits per heavy atom. The molecule has 24 heavy (non-hydrogen) atoms. The van der Waals surface area contributed by atoms with Crippen molar-refractivity contribution in [1.82, 2.24) is 0 Å². The highest BCUT2D eigenvalue weighted by atomic mass is 32.2. The van der Waals surface area contributed by atoms with Crippen molar-refractivity contribution in [3.63, 3.8) is 0 Å². The van der Waals surface area contributed by atoms with Crippen molar-refractivity contribution in [1.29, 1.82) is 0 Å². The van der Waals surface area contributed by atoms with Crippen molar-refractivity contribution < 1.29 is 18.9 Å². The largest absolute Gasteiger partial charge is 0.511 e. The number of Topliss-reactive ketones (excluding diaryl/α,β-unsaturated/α-hetero) is 1. The second-order valence-corrected chi connectivity index (χ2v) is 8.25. The summed E-state index contributed by atoms with van der Waals surface area (Å²) in [5.74, 6) is 0.625. The van der Waals surface area contributed by atoms with Crippen molar-refractivity contribution >= 4 is 22.3 Å². The number of nitrogens with zero attached hydrogens (tertiary/aromatic N) is 1. The molecule has 1 aliphatic carbocycles. The Morgan fingerprint density at radius 1 is 1.50 bits per heavy atom. The Kier molecular flexibility index (Phi) is 8.97. The standard InChI is InChI=1S/C18H29NO4S/c1-5-8-15(19-23-9-6-2)18-16(20)11-14(12-17(18)21)10-13(4)24(22)7-3/h6,13-14,20H,2,5,7-12H2,1,3-4H3/b19-15-. The molecule has 0 aromatic rings. The number of carbonyl (C=O) groups excluding carboxylic acids is 1. The van der Waals surface area contributed by atoms with Crippen molar-refractivity contribution in [3.05, 3.63) is 24.0 Å². The molecule has 1 rings (SSSR count). The van der Waals surface area contributed by atoms with Crippen LogP contribution in [0.4, 0.5) is 0 Å². The van der Waals surface area contributed by atoms with Crippen LogP contribution in [0.15, 0.2) is 29.1 Å². The topological polar surface area (TPSA) is 76.0 Å². The molecule has 0 aliphatic heterocycles. The predicted molar refractivity (Wildman–Crippen MR) is 98.6 cm³/mol. The molecule has 3 atom stereocenters. The molecule has 0 amide bonds. The molecular weight excluding hydrogens is 326 g/mol. The second-order valence-electron chi connectivity index (χ2n) is 6.11. The molecule has 3 unspecified atom stereocenters. The first kappa shape index (κ1) is 20.6. The fourth-order valence-corrected chi connectivity index (χ4v) is 4.01. The molecule has 1 N–H and O–H groups in total. The Bertz CT molecular complexity index is 539. The summed E-state index contributed by atoms with van der Waals surface area (Å²) in [5, 5.41) is 14.4. The Morgan fingerprint density at radius 3 is 2.75 bits per heavy atom. The third-order valence-electron chi connectivity index (χ3n) is 4.06. The second kappa shape index (κ2) is 10.4. The number of carbonyl (C=O) groups is 1. The van der Waals surface area contributed by atoms with Gasteiger partial charge in [-0.2, -0.15) is 0 Å². The van der Waals surface area contributed by atoms with E-state index in [1.54, 1.807) is 6.08 Å². The summed E-state index contributed by atoms with van der Waals surface area (Å²) in [4.78, 5) is 17.7. The van der Waals surface area contributed by atoms with Crippen LogP contribution in [0.1, 0.15) is 52.9 Å². The fourth-order valence-electron chi connectivity index (χ4n) is 2.95. The van der Waals surface area contributed by atoms with Gasteiger partial charge in [-0.15, -0.1) is 0 Å². The number of allylic oxidation sites excluding steroid dienone is 2. The van der Waals surface area contributed by atoms with Crippen LogP contribution in [0, 0.1) is 5.92 Å². The normalized spacial score (nSPS) is 21.5. The summed E-state index contributed by atoms with van der Waals surface area (Å²) in [6, 6.07) is 0. The van der Waals surface area contributed by atoms with Crippen molar-refractivity contribution in [2.75, 3.05) is 12.4 Å². The monoisotopic (exact) mass is 355 g/mol. The number of ketones is 1. The molecule has 0 radical (unpaired) electrons. The molecule has 0 fully saturated rings. The third kappa shape index (κ3) is 5.89. The van der Waals surface area contributed by atoms with Gasteiger partial charge in [0.1, 0.15) is 12.4 Å². The van der Waals surface area contributed by atoms with Gasteiger partial charge in [0, 0.05) is 34.6 Å². The van der Waals surface area contributed by atoms with Crippen LogP contribution < -0.4 is 0 Å². The van der Waals surface area contributed by atoms with Crippen LogP contribution in [0.25, 0.3) is 0 Å². The quantitative estimate of drug-likeness (QED) is 0.281. The highest BCUT2D eigenvalue weighted by Crippen LogP contribution is 2.31. The minimum Gasteiger partial charge on any atom is -0.511 e. The lowest BCUT2D eigenvalue weighted by Crippen LogP contribution is -2.27. The van der Waals surface area contributed by atoms with E-state index < -0.39 is 10.8 Å². The molecule has 1 aliphatic rings. The number of hydrogen-bond acceptors (Lipinski definition) is 5.